The lowest BCUT2D eigenvalue weighted by atomic mass is 10.3. The van der Waals surface area contributed by atoms with Crippen LogP contribution in [0.15, 0.2) is 18.5 Å². The third-order valence-electron chi connectivity index (χ3n) is 1.80. The van der Waals surface area contributed by atoms with E-state index in [9.17, 15) is 4.79 Å². The number of rotatable bonds is 2. The fourth-order valence-electron chi connectivity index (χ4n) is 1.19. The third kappa shape index (κ3) is 1.08. The van der Waals surface area contributed by atoms with E-state index in [1.165, 1.54) is 24.0 Å². The van der Waals surface area contributed by atoms with Crippen molar-refractivity contribution in [3.63, 3.8) is 0 Å². The van der Waals surface area contributed by atoms with Gasteiger partial charge in [-0.05, 0) is 0 Å². The van der Waals surface area contributed by atoms with Gasteiger partial charge in [-0.25, -0.2) is 9.78 Å². The van der Waals surface area contributed by atoms with E-state index in [0.717, 1.165) is 0 Å². The molecule has 0 aliphatic heterocycles. The molecule has 0 fully saturated rings. The van der Waals surface area contributed by atoms with E-state index in [1.807, 2.05) is 0 Å². The first kappa shape index (κ1) is 8.49. The van der Waals surface area contributed by atoms with Crippen LogP contribution in [-0.4, -0.2) is 32.8 Å². The molecule has 0 bridgehead atoms. The summed E-state index contributed by atoms with van der Waals surface area (Å²) in [6.45, 7) is 0. The lowest BCUT2D eigenvalue weighted by Gasteiger charge is -2.05. The Morgan fingerprint density at radius 2 is 2.43 bits per heavy atom. The molecule has 0 spiro atoms. The average molecular weight is 193 g/mol. The molecule has 72 valence electrons. The SMILES string of the molecule is COc1c(C(=O)O)cnc2ccnn12. The third-order valence-corrected chi connectivity index (χ3v) is 1.80. The van der Waals surface area contributed by atoms with Crippen LogP contribution < -0.4 is 4.74 Å². The van der Waals surface area contributed by atoms with Crippen LogP contribution in [0.25, 0.3) is 5.65 Å². The maximum atomic E-state index is 10.8. The largest absolute Gasteiger partial charge is 0.480 e. The molecule has 0 aliphatic rings. The summed E-state index contributed by atoms with van der Waals surface area (Å²) in [6, 6.07) is 1.66. The summed E-state index contributed by atoms with van der Waals surface area (Å²) in [7, 11) is 1.39. The van der Waals surface area contributed by atoms with Gasteiger partial charge < -0.3 is 9.84 Å². The minimum atomic E-state index is -1.09. The molecule has 2 rings (SSSR count). The van der Waals surface area contributed by atoms with E-state index in [4.69, 9.17) is 9.84 Å². The van der Waals surface area contributed by atoms with Crippen LogP contribution in [0.2, 0.25) is 0 Å². The van der Waals surface area contributed by atoms with Gasteiger partial charge >= 0.3 is 5.97 Å². The van der Waals surface area contributed by atoms with E-state index in [-0.39, 0.29) is 11.4 Å². The summed E-state index contributed by atoms with van der Waals surface area (Å²) in [5.74, 6) is -0.917. The molecule has 0 aromatic carbocycles. The van der Waals surface area contributed by atoms with Gasteiger partial charge in [0.15, 0.2) is 5.65 Å². The quantitative estimate of drug-likeness (QED) is 0.748. The number of aromatic nitrogens is 3. The second kappa shape index (κ2) is 2.99. The smallest absolute Gasteiger partial charge is 0.342 e. The minimum Gasteiger partial charge on any atom is -0.480 e. The first-order valence-electron chi connectivity index (χ1n) is 3.84. The van der Waals surface area contributed by atoms with Crippen LogP contribution in [-0.2, 0) is 0 Å². The van der Waals surface area contributed by atoms with E-state index in [0.29, 0.717) is 5.65 Å². The van der Waals surface area contributed by atoms with Crippen molar-refractivity contribution in [2.45, 2.75) is 0 Å². The van der Waals surface area contributed by atoms with E-state index in [1.54, 1.807) is 6.07 Å². The number of carbonyl (C=O) groups is 1. The molecule has 0 unspecified atom stereocenters. The number of hydrogen-bond donors (Lipinski definition) is 1. The number of aromatic carboxylic acids is 1. The summed E-state index contributed by atoms with van der Waals surface area (Å²) in [4.78, 5) is 14.7. The van der Waals surface area contributed by atoms with E-state index in [2.05, 4.69) is 10.1 Å². The molecule has 0 saturated carbocycles. The molecule has 14 heavy (non-hydrogen) atoms. The van der Waals surface area contributed by atoms with Crippen molar-refractivity contribution in [3.8, 4) is 5.88 Å². The number of methoxy groups -OCH3 is 1. The molecule has 2 heterocycles. The monoisotopic (exact) mass is 193 g/mol. The summed E-state index contributed by atoms with van der Waals surface area (Å²) in [5.41, 5.74) is 0.538. The number of fused-ring (bicyclic) bond motifs is 1. The highest BCUT2D eigenvalue weighted by Gasteiger charge is 2.15. The number of nitrogens with zero attached hydrogens (tertiary/aromatic N) is 3. The van der Waals surface area contributed by atoms with Crippen LogP contribution in [0, 0.1) is 0 Å². The van der Waals surface area contributed by atoms with E-state index >= 15 is 0 Å². The van der Waals surface area contributed by atoms with Gasteiger partial charge in [0.1, 0.15) is 5.56 Å². The maximum Gasteiger partial charge on any atom is 0.342 e. The van der Waals surface area contributed by atoms with Crippen LogP contribution in [0.1, 0.15) is 10.4 Å². The van der Waals surface area contributed by atoms with Crippen LogP contribution >= 0.6 is 0 Å². The molecule has 2 aromatic heterocycles. The lowest BCUT2D eigenvalue weighted by Crippen LogP contribution is -2.07. The van der Waals surface area contributed by atoms with Crippen LogP contribution in [0.3, 0.4) is 0 Å². The predicted octanol–water partition coefficient (Wildman–Crippen LogP) is 0.436. The molecule has 0 amide bonds. The number of hydrogen-bond acceptors (Lipinski definition) is 4. The van der Waals surface area contributed by atoms with Crippen molar-refractivity contribution in [2.75, 3.05) is 7.11 Å². The Bertz CT molecular complexity index is 492. The van der Waals surface area contributed by atoms with Crippen LogP contribution in [0.5, 0.6) is 5.88 Å². The second-order valence-corrected chi connectivity index (χ2v) is 2.59. The molecular weight excluding hydrogens is 186 g/mol. The highest BCUT2D eigenvalue weighted by atomic mass is 16.5. The number of ether oxygens (including phenoxy) is 1. The predicted molar refractivity (Wildman–Crippen MR) is 46.5 cm³/mol. The Kier molecular flexibility index (Phi) is 1.81. The molecule has 6 nitrogen and oxygen atoms in total. The molecule has 0 radical (unpaired) electrons. The first-order chi connectivity index (χ1) is 6.74. The van der Waals surface area contributed by atoms with Gasteiger partial charge in [0.05, 0.1) is 13.3 Å². The zero-order valence-electron chi connectivity index (χ0n) is 7.34. The molecule has 2 aromatic rings. The normalized spacial score (nSPS) is 10.4. The van der Waals surface area contributed by atoms with Gasteiger partial charge in [0.2, 0.25) is 5.88 Å². The zero-order chi connectivity index (χ0) is 10.1. The summed E-state index contributed by atoms with van der Waals surface area (Å²) in [6.07, 6.45) is 2.77. The molecule has 6 heteroatoms. The number of carboxylic acids is 1. The second-order valence-electron chi connectivity index (χ2n) is 2.59. The van der Waals surface area contributed by atoms with Gasteiger partial charge in [-0.3, -0.25) is 0 Å². The Morgan fingerprint density at radius 1 is 1.64 bits per heavy atom. The van der Waals surface area contributed by atoms with Gasteiger partial charge in [-0.2, -0.15) is 9.61 Å². The minimum absolute atomic E-state index is 0.0105. The number of carboxylic acid groups (broad SMARTS) is 1. The highest BCUT2D eigenvalue weighted by Crippen LogP contribution is 2.17. The Balaban J connectivity index is 2.78. The Morgan fingerprint density at radius 3 is 3.07 bits per heavy atom. The summed E-state index contributed by atoms with van der Waals surface area (Å²) in [5, 5.41) is 12.7. The van der Waals surface area contributed by atoms with Gasteiger partial charge in [-0.15, -0.1) is 0 Å². The van der Waals surface area contributed by atoms with Crippen molar-refractivity contribution in [2.24, 2.45) is 0 Å². The molecule has 0 atom stereocenters. The summed E-state index contributed by atoms with van der Waals surface area (Å²) < 4.78 is 6.29. The lowest BCUT2D eigenvalue weighted by molar-refractivity contribution is 0.0691. The van der Waals surface area contributed by atoms with E-state index < -0.39 is 5.97 Å². The molecule has 0 aliphatic carbocycles. The summed E-state index contributed by atoms with van der Waals surface area (Å²) >= 11 is 0. The van der Waals surface area contributed by atoms with Crippen LogP contribution in [0.4, 0.5) is 0 Å². The molecular formula is C8H7N3O3. The standard InChI is InChI=1S/C8H7N3O3/c1-14-7-5(8(12)13)4-9-6-2-3-10-11(6)7/h2-4H,1H3,(H,12,13). The zero-order valence-corrected chi connectivity index (χ0v) is 7.34. The first-order valence-corrected chi connectivity index (χ1v) is 3.84. The Hall–Kier alpha value is -2.11. The van der Waals surface area contributed by atoms with Gasteiger partial charge in [-0.1, -0.05) is 0 Å². The van der Waals surface area contributed by atoms with Gasteiger partial charge in [0.25, 0.3) is 0 Å². The topological polar surface area (TPSA) is 76.7 Å². The Labute approximate surface area is 78.8 Å². The fourth-order valence-corrected chi connectivity index (χ4v) is 1.19. The van der Waals surface area contributed by atoms with Crippen molar-refractivity contribution < 1.29 is 14.6 Å². The van der Waals surface area contributed by atoms with Crippen molar-refractivity contribution in [1.29, 1.82) is 0 Å². The maximum absolute atomic E-state index is 10.8. The van der Waals surface area contributed by atoms with Crippen molar-refractivity contribution >= 4 is 11.6 Å². The van der Waals surface area contributed by atoms with Gasteiger partial charge in [0, 0.05) is 12.3 Å². The fraction of sp³-hybridized carbons (Fsp3) is 0.125. The average Bonchev–Trinajstić information content (AvgIpc) is 2.63. The van der Waals surface area contributed by atoms with Crippen molar-refractivity contribution in [1.82, 2.24) is 14.6 Å². The molecule has 1 N–H and O–H groups in total. The highest BCUT2D eigenvalue weighted by molar-refractivity contribution is 5.90. The van der Waals surface area contributed by atoms with Crippen molar-refractivity contribution in [3.05, 3.63) is 24.0 Å². The molecule has 0 saturated heterocycles.